The monoisotopic (exact) mass is 243 g/mol. The lowest BCUT2D eigenvalue weighted by Gasteiger charge is -2.11. The van der Waals surface area contributed by atoms with Gasteiger partial charge in [-0.15, -0.1) is 0 Å². The molecule has 0 unspecified atom stereocenters. The van der Waals surface area contributed by atoms with E-state index in [1.165, 1.54) is 0 Å². The fraction of sp³-hybridized carbons (Fsp3) is 0.375. The fourth-order valence-corrected chi connectivity index (χ4v) is 1.11. The topological polar surface area (TPSA) is 42.1 Å². The van der Waals surface area contributed by atoms with Gasteiger partial charge >= 0.3 is 6.18 Å². The number of pyridine rings is 1. The molecule has 0 aliphatic carbocycles. The van der Waals surface area contributed by atoms with Crippen LogP contribution in [0.25, 0.3) is 0 Å². The molecule has 1 aromatic heterocycles. The number of alkyl halides is 5. The summed E-state index contributed by atoms with van der Waals surface area (Å²) in [5.41, 5.74) is -4.78. The van der Waals surface area contributed by atoms with Crippen molar-refractivity contribution in [2.75, 3.05) is 7.11 Å². The van der Waals surface area contributed by atoms with Gasteiger partial charge in [-0.2, -0.15) is 13.2 Å². The van der Waals surface area contributed by atoms with Crippen molar-refractivity contribution in [2.45, 2.75) is 12.6 Å². The Hall–Kier alpha value is -1.60. The maximum atomic E-state index is 12.4. The Morgan fingerprint density at radius 1 is 1.38 bits per heavy atom. The van der Waals surface area contributed by atoms with E-state index in [1.54, 1.807) is 0 Å². The second kappa shape index (κ2) is 4.11. The molecule has 1 aromatic rings. The van der Waals surface area contributed by atoms with Gasteiger partial charge in [0.25, 0.3) is 6.43 Å². The molecule has 8 heteroatoms. The molecule has 0 aliphatic rings. The van der Waals surface area contributed by atoms with Gasteiger partial charge in [0.15, 0.2) is 5.56 Å². The number of aromatic nitrogens is 1. The molecule has 3 nitrogen and oxygen atoms in total. The highest BCUT2D eigenvalue weighted by Gasteiger charge is 2.39. The van der Waals surface area contributed by atoms with E-state index in [1.807, 2.05) is 4.98 Å². The Kier molecular flexibility index (Phi) is 3.20. The molecular weight excluding hydrogens is 237 g/mol. The van der Waals surface area contributed by atoms with Gasteiger partial charge in [0.05, 0.1) is 12.7 Å². The third-order valence-electron chi connectivity index (χ3n) is 1.80. The highest BCUT2D eigenvalue weighted by molar-refractivity contribution is 5.33. The number of hydrogen-bond donors (Lipinski definition) is 1. The summed E-state index contributed by atoms with van der Waals surface area (Å²) >= 11 is 0. The van der Waals surface area contributed by atoms with E-state index >= 15 is 0 Å². The number of hydrogen-bond acceptors (Lipinski definition) is 2. The molecule has 0 saturated carbocycles. The maximum Gasteiger partial charge on any atom is 0.425 e. The summed E-state index contributed by atoms with van der Waals surface area (Å²) in [5.74, 6) is -0.887. The quantitative estimate of drug-likeness (QED) is 0.810. The van der Waals surface area contributed by atoms with Crippen LogP contribution in [0, 0.1) is 0 Å². The molecule has 16 heavy (non-hydrogen) atoms. The molecule has 90 valence electrons. The molecule has 1 N–H and O–H groups in total. The summed E-state index contributed by atoms with van der Waals surface area (Å²) < 4.78 is 65.9. The van der Waals surface area contributed by atoms with Crippen LogP contribution in [0.3, 0.4) is 0 Å². The lowest BCUT2D eigenvalue weighted by molar-refractivity contribution is -0.140. The van der Waals surface area contributed by atoms with Crippen molar-refractivity contribution >= 4 is 0 Å². The average molecular weight is 243 g/mol. The predicted octanol–water partition coefficient (Wildman–Crippen LogP) is 2.34. The SMILES string of the molecule is COc1[nH]cc(C(F)F)c(=O)c1C(F)(F)F. The first-order chi connectivity index (χ1) is 7.29. The smallest absolute Gasteiger partial charge is 0.425 e. The largest absolute Gasteiger partial charge is 0.482 e. The van der Waals surface area contributed by atoms with Gasteiger partial charge in [-0.05, 0) is 0 Å². The van der Waals surface area contributed by atoms with Gasteiger partial charge < -0.3 is 9.72 Å². The number of methoxy groups -OCH3 is 1. The molecular formula is C8H6F5NO2. The molecule has 0 radical (unpaired) electrons. The Bertz CT molecular complexity index is 437. The van der Waals surface area contributed by atoms with E-state index in [0.717, 1.165) is 7.11 Å². The van der Waals surface area contributed by atoms with Crippen molar-refractivity contribution < 1.29 is 26.7 Å². The van der Waals surface area contributed by atoms with E-state index in [4.69, 9.17) is 0 Å². The molecule has 0 spiro atoms. The van der Waals surface area contributed by atoms with Gasteiger partial charge in [0.1, 0.15) is 0 Å². The Labute approximate surface area is 85.8 Å². The Morgan fingerprint density at radius 2 is 1.94 bits per heavy atom. The van der Waals surface area contributed by atoms with Gasteiger partial charge in [-0.1, -0.05) is 0 Å². The Balaban J connectivity index is 3.54. The minimum atomic E-state index is -5.05. The molecule has 0 saturated heterocycles. The molecule has 0 amide bonds. The summed E-state index contributed by atoms with van der Waals surface area (Å²) in [6.07, 6.45) is -7.83. The fourth-order valence-electron chi connectivity index (χ4n) is 1.11. The first-order valence-electron chi connectivity index (χ1n) is 3.94. The lowest BCUT2D eigenvalue weighted by Crippen LogP contribution is -2.24. The highest BCUT2D eigenvalue weighted by atomic mass is 19.4. The minimum Gasteiger partial charge on any atom is -0.482 e. The third-order valence-corrected chi connectivity index (χ3v) is 1.80. The molecule has 0 aromatic carbocycles. The summed E-state index contributed by atoms with van der Waals surface area (Å²) in [7, 11) is 0.891. The zero-order valence-corrected chi connectivity index (χ0v) is 7.86. The Morgan fingerprint density at radius 3 is 2.31 bits per heavy atom. The van der Waals surface area contributed by atoms with Crippen LogP contribution in [-0.2, 0) is 6.18 Å². The molecule has 0 aliphatic heterocycles. The van der Waals surface area contributed by atoms with E-state index < -0.39 is 35.0 Å². The van der Waals surface area contributed by atoms with E-state index in [2.05, 4.69) is 4.74 Å². The van der Waals surface area contributed by atoms with Crippen LogP contribution >= 0.6 is 0 Å². The number of rotatable bonds is 2. The van der Waals surface area contributed by atoms with Gasteiger partial charge in [0.2, 0.25) is 11.3 Å². The molecule has 1 heterocycles. The van der Waals surface area contributed by atoms with Gasteiger partial charge in [-0.25, -0.2) is 8.78 Å². The van der Waals surface area contributed by atoms with Crippen molar-refractivity contribution in [3.8, 4) is 5.88 Å². The summed E-state index contributed by atoms with van der Waals surface area (Å²) in [4.78, 5) is 13.0. The zero-order valence-electron chi connectivity index (χ0n) is 7.86. The van der Waals surface area contributed by atoms with Crippen molar-refractivity contribution in [3.05, 3.63) is 27.5 Å². The minimum absolute atomic E-state index is 0.501. The first-order valence-corrected chi connectivity index (χ1v) is 3.94. The standard InChI is InChI=1S/C8H6F5NO2/c1-16-7-4(8(11,12)13)5(15)3(2-14-7)6(9)10/h2,6H,1H3,(H,14,15). The summed E-state index contributed by atoms with van der Waals surface area (Å²) in [5, 5.41) is 0. The van der Waals surface area contributed by atoms with Crippen LogP contribution in [-0.4, -0.2) is 12.1 Å². The van der Waals surface area contributed by atoms with Crippen molar-refractivity contribution in [1.29, 1.82) is 0 Å². The lowest BCUT2D eigenvalue weighted by atomic mass is 10.2. The second-order valence-electron chi connectivity index (χ2n) is 2.78. The third kappa shape index (κ3) is 2.15. The predicted molar refractivity (Wildman–Crippen MR) is 43.6 cm³/mol. The maximum absolute atomic E-state index is 12.4. The van der Waals surface area contributed by atoms with E-state index in [-0.39, 0.29) is 0 Å². The number of nitrogens with one attached hydrogen (secondary N) is 1. The van der Waals surface area contributed by atoms with E-state index in [0.29, 0.717) is 6.20 Å². The van der Waals surface area contributed by atoms with Crippen LogP contribution in [0.4, 0.5) is 22.0 Å². The summed E-state index contributed by atoms with van der Waals surface area (Å²) in [6.45, 7) is 0. The molecule has 0 fully saturated rings. The summed E-state index contributed by atoms with van der Waals surface area (Å²) in [6, 6.07) is 0. The van der Waals surface area contributed by atoms with Crippen molar-refractivity contribution in [3.63, 3.8) is 0 Å². The average Bonchev–Trinajstić information content (AvgIpc) is 2.14. The number of ether oxygens (including phenoxy) is 1. The van der Waals surface area contributed by atoms with Crippen LogP contribution in [0.15, 0.2) is 11.0 Å². The number of aromatic amines is 1. The van der Waals surface area contributed by atoms with Gasteiger partial charge in [-0.3, -0.25) is 4.79 Å². The van der Waals surface area contributed by atoms with Crippen LogP contribution in [0.5, 0.6) is 5.88 Å². The molecule has 0 atom stereocenters. The molecule has 1 rings (SSSR count). The van der Waals surface area contributed by atoms with Crippen molar-refractivity contribution in [1.82, 2.24) is 4.98 Å². The zero-order chi connectivity index (χ0) is 12.5. The van der Waals surface area contributed by atoms with Crippen molar-refractivity contribution in [2.24, 2.45) is 0 Å². The van der Waals surface area contributed by atoms with Gasteiger partial charge in [0, 0.05) is 6.20 Å². The number of H-pyrrole nitrogens is 1. The molecule has 0 bridgehead atoms. The number of halogens is 5. The highest BCUT2D eigenvalue weighted by Crippen LogP contribution is 2.33. The van der Waals surface area contributed by atoms with Crippen LogP contribution in [0.2, 0.25) is 0 Å². The van der Waals surface area contributed by atoms with E-state index in [9.17, 15) is 26.7 Å². The van der Waals surface area contributed by atoms with Crippen LogP contribution in [0.1, 0.15) is 17.6 Å². The second-order valence-corrected chi connectivity index (χ2v) is 2.78. The normalized spacial score (nSPS) is 11.9. The van der Waals surface area contributed by atoms with Crippen LogP contribution < -0.4 is 10.2 Å². The first kappa shape index (κ1) is 12.5.